The average molecular weight is 210 g/mol. The molecule has 0 bridgehead atoms. The van der Waals surface area contributed by atoms with Gasteiger partial charge >= 0.3 is 0 Å². The standard InChI is InChI=1S/C10H18N4O/c1-8(14-11-3)9(15)13-10(2)4-6-12-7-5-10/h12H,1,4-7H2,2-3H3,(H,13,15). The minimum Gasteiger partial charge on any atom is -0.345 e. The van der Waals surface area contributed by atoms with Gasteiger partial charge in [0.2, 0.25) is 0 Å². The quantitative estimate of drug-likeness (QED) is 0.535. The van der Waals surface area contributed by atoms with Crippen LogP contribution in [0, 0.1) is 0 Å². The predicted octanol–water partition coefficient (Wildman–Crippen LogP) is 0.840. The Morgan fingerprint density at radius 2 is 2.07 bits per heavy atom. The SMILES string of the molecule is C=C(N=NC)C(=O)NC1(C)CCNCC1. The molecule has 0 aromatic rings. The predicted molar refractivity (Wildman–Crippen MR) is 58.6 cm³/mol. The van der Waals surface area contributed by atoms with Gasteiger partial charge in [-0.3, -0.25) is 4.79 Å². The first-order valence-corrected chi connectivity index (χ1v) is 5.09. The summed E-state index contributed by atoms with van der Waals surface area (Å²) in [6, 6.07) is 0. The third kappa shape index (κ3) is 3.43. The molecule has 1 amide bonds. The Bertz CT molecular complexity index is 279. The molecule has 0 unspecified atom stereocenters. The highest BCUT2D eigenvalue weighted by molar-refractivity contribution is 5.92. The summed E-state index contributed by atoms with van der Waals surface area (Å²) in [7, 11) is 1.52. The third-order valence-electron chi connectivity index (χ3n) is 2.61. The van der Waals surface area contributed by atoms with Gasteiger partial charge in [-0.1, -0.05) is 6.58 Å². The fourth-order valence-electron chi connectivity index (χ4n) is 1.62. The van der Waals surface area contributed by atoms with E-state index in [1.54, 1.807) is 0 Å². The van der Waals surface area contributed by atoms with Crippen LogP contribution in [0.5, 0.6) is 0 Å². The van der Waals surface area contributed by atoms with Crippen molar-refractivity contribution in [3.8, 4) is 0 Å². The molecule has 5 nitrogen and oxygen atoms in total. The van der Waals surface area contributed by atoms with Crippen molar-refractivity contribution in [2.24, 2.45) is 10.2 Å². The number of rotatable bonds is 3. The van der Waals surface area contributed by atoms with Gasteiger partial charge in [0, 0.05) is 12.6 Å². The van der Waals surface area contributed by atoms with Crippen molar-refractivity contribution in [3.05, 3.63) is 12.3 Å². The van der Waals surface area contributed by atoms with Gasteiger partial charge in [-0.25, -0.2) is 0 Å². The van der Waals surface area contributed by atoms with Crippen LogP contribution in [0.25, 0.3) is 0 Å². The highest BCUT2D eigenvalue weighted by atomic mass is 16.2. The normalized spacial score (nSPS) is 20.1. The molecule has 0 aromatic heterocycles. The fraction of sp³-hybridized carbons (Fsp3) is 0.700. The number of carbonyl (C=O) groups is 1. The Hall–Kier alpha value is -1.23. The van der Waals surface area contributed by atoms with Gasteiger partial charge < -0.3 is 10.6 Å². The van der Waals surface area contributed by atoms with E-state index in [2.05, 4.69) is 27.4 Å². The first-order valence-electron chi connectivity index (χ1n) is 5.09. The van der Waals surface area contributed by atoms with Gasteiger partial charge in [0.1, 0.15) is 5.70 Å². The Morgan fingerprint density at radius 1 is 1.47 bits per heavy atom. The molecule has 15 heavy (non-hydrogen) atoms. The lowest BCUT2D eigenvalue weighted by atomic mass is 9.90. The van der Waals surface area contributed by atoms with E-state index >= 15 is 0 Å². The summed E-state index contributed by atoms with van der Waals surface area (Å²) < 4.78 is 0. The van der Waals surface area contributed by atoms with Crippen molar-refractivity contribution in [1.82, 2.24) is 10.6 Å². The number of piperidine rings is 1. The van der Waals surface area contributed by atoms with Gasteiger partial charge in [-0.05, 0) is 32.9 Å². The van der Waals surface area contributed by atoms with Gasteiger partial charge in [-0.2, -0.15) is 10.2 Å². The van der Waals surface area contributed by atoms with Crippen LogP contribution >= 0.6 is 0 Å². The maximum atomic E-state index is 11.6. The zero-order chi connectivity index (χ0) is 11.3. The summed E-state index contributed by atoms with van der Waals surface area (Å²) in [5.74, 6) is -0.231. The molecule has 0 aliphatic carbocycles. The Morgan fingerprint density at radius 3 is 2.60 bits per heavy atom. The second-order valence-electron chi connectivity index (χ2n) is 4.01. The molecule has 1 saturated heterocycles. The number of carbonyl (C=O) groups excluding carboxylic acids is 1. The second kappa shape index (κ2) is 5.02. The fourth-order valence-corrected chi connectivity index (χ4v) is 1.62. The van der Waals surface area contributed by atoms with E-state index in [0.29, 0.717) is 0 Å². The topological polar surface area (TPSA) is 65.8 Å². The molecule has 0 saturated carbocycles. The molecule has 1 aliphatic heterocycles. The van der Waals surface area contributed by atoms with Crippen LogP contribution < -0.4 is 10.6 Å². The molecular formula is C10H18N4O. The summed E-state index contributed by atoms with van der Waals surface area (Å²) in [6.07, 6.45) is 1.85. The highest BCUT2D eigenvalue weighted by Gasteiger charge is 2.28. The lowest BCUT2D eigenvalue weighted by Crippen LogP contribution is -2.52. The van der Waals surface area contributed by atoms with Gasteiger partial charge in [0.05, 0.1) is 0 Å². The number of azo groups is 1. The Kier molecular flexibility index (Phi) is 3.96. The van der Waals surface area contributed by atoms with Crippen molar-refractivity contribution in [3.63, 3.8) is 0 Å². The van der Waals surface area contributed by atoms with Crippen LogP contribution in [0.3, 0.4) is 0 Å². The van der Waals surface area contributed by atoms with Crippen LogP contribution in [-0.2, 0) is 4.79 Å². The van der Waals surface area contributed by atoms with Crippen LogP contribution in [0.1, 0.15) is 19.8 Å². The average Bonchev–Trinajstić information content (AvgIpc) is 2.18. The number of hydrogen-bond acceptors (Lipinski definition) is 4. The lowest BCUT2D eigenvalue weighted by Gasteiger charge is -2.34. The summed E-state index contributed by atoms with van der Waals surface area (Å²) in [5, 5.41) is 13.3. The first-order chi connectivity index (χ1) is 7.07. The summed E-state index contributed by atoms with van der Waals surface area (Å²) in [6.45, 7) is 7.45. The van der Waals surface area contributed by atoms with Crippen LogP contribution in [0.4, 0.5) is 0 Å². The number of amides is 1. The molecule has 1 rings (SSSR count). The minimum atomic E-state index is -0.231. The molecule has 0 radical (unpaired) electrons. The maximum absolute atomic E-state index is 11.6. The summed E-state index contributed by atoms with van der Waals surface area (Å²) in [4.78, 5) is 11.6. The first kappa shape index (κ1) is 11.8. The van der Waals surface area contributed by atoms with Gasteiger partial charge in [0.25, 0.3) is 5.91 Å². The molecule has 5 heteroatoms. The maximum Gasteiger partial charge on any atom is 0.271 e. The van der Waals surface area contributed by atoms with Crippen molar-refractivity contribution < 1.29 is 4.79 Å². The largest absolute Gasteiger partial charge is 0.345 e. The molecule has 0 aromatic carbocycles. The summed E-state index contributed by atoms with van der Waals surface area (Å²) in [5.41, 5.74) is 0.0198. The molecular weight excluding hydrogens is 192 g/mol. The van der Waals surface area contributed by atoms with Gasteiger partial charge in [0.15, 0.2) is 0 Å². The minimum absolute atomic E-state index is 0.144. The van der Waals surface area contributed by atoms with Crippen LogP contribution in [0.15, 0.2) is 22.5 Å². The third-order valence-corrected chi connectivity index (χ3v) is 2.61. The molecule has 2 N–H and O–H groups in total. The molecule has 84 valence electrons. The van der Waals surface area contributed by atoms with E-state index in [0.717, 1.165) is 25.9 Å². The monoisotopic (exact) mass is 210 g/mol. The smallest absolute Gasteiger partial charge is 0.271 e. The van der Waals surface area contributed by atoms with E-state index < -0.39 is 0 Å². The number of nitrogens with one attached hydrogen (secondary N) is 2. The molecule has 1 aliphatic rings. The van der Waals surface area contributed by atoms with Crippen molar-refractivity contribution in [2.75, 3.05) is 20.1 Å². The van der Waals surface area contributed by atoms with E-state index in [1.807, 2.05) is 6.92 Å². The van der Waals surface area contributed by atoms with Crippen molar-refractivity contribution in [2.45, 2.75) is 25.3 Å². The van der Waals surface area contributed by atoms with Crippen molar-refractivity contribution in [1.29, 1.82) is 0 Å². The molecule has 0 atom stereocenters. The molecule has 0 spiro atoms. The van der Waals surface area contributed by atoms with E-state index in [1.165, 1.54) is 7.05 Å². The van der Waals surface area contributed by atoms with Crippen LogP contribution in [0.2, 0.25) is 0 Å². The number of hydrogen-bond donors (Lipinski definition) is 2. The highest BCUT2D eigenvalue weighted by Crippen LogP contribution is 2.17. The zero-order valence-corrected chi connectivity index (χ0v) is 9.34. The molecule has 1 fully saturated rings. The lowest BCUT2D eigenvalue weighted by molar-refractivity contribution is -0.119. The Balaban J connectivity index is 2.52. The van der Waals surface area contributed by atoms with E-state index in [9.17, 15) is 4.79 Å². The van der Waals surface area contributed by atoms with Gasteiger partial charge in [-0.15, -0.1) is 0 Å². The summed E-state index contributed by atoms with van der Waals surface area (Å²) >= 11 is 0. The zero-order valence-electron chi connectivity index (χ0n) is 9.34. The Labute approximate surface area is 90.0 Å². The van der Waals surface area contributed by atoms with Crippen molar-refractivity contribution >= 4 is 5.91 Å². The number of nitrogens with zero attached hydrogens (tertiary/aromatic N) is 2. The van der Waals surface area contributed by atoms with E-state index in [4.69, 9.17) is 0 Å². The second-order valence-corrected chi connectivity index (χ2v) is 4.01. The van der Waals surface area contributed by atoms with E-state index in [-0.39, 0.29) is 17.1 Å². The van der Waals surface area contributed by atoms with Crippen LogP contribution in [-0.4, -0.2) is 31.6 Å². The molecule has 1 heterocycles.